The molecule has 0 radical (unpaired) electrons. The van der Waals surface area contributed by atoms with Crippen LogP contribution in [0, 0.1) is 5.92 Å². The number of rotatable bonds is 2. The van der Waals surface area contributed by atoms with Crippen LogP contribution in [-0.4, -0.2) is 18.6 Å². The molecule has 0 aromatic heterocycles. The van der Waals surface area contributed by atoms with E-state index in [0.717, 1.165) is 5.92 Å². The Morgan fingerprint density at radius 1 is 1.09 bits per heavy atom. The Morgan fingerprint density at radius 3 is 2.09 bits per heavy atom. The summed E-state index contributed by atoms with van der Waals surface area (Å²) in [5.74, 6) is 0.936. The van der Waals surface area contributed by atoms with Crippen molar-refractivity contribution < 1.29 is 4.18 Å². The molecule has 0 aromatic carbocycles. The molecule has 2 heteroatoms. The SMILES string of the molecule is CC1CCC(O[S+](C)C)CC1. The maximum Gasteiger partial charge on any atom is 0.141 e. The number of hydrogen-bond acceptors (Lipinski definition) is 1. The highest BCUT2D eigenvalue weighted by molar-refractivity contribution is 7.90. The Labute approximate surface area is 73.1 Å². The molecule has 1 rings (SSSR count). The second-order valence-corrected chi connectivity index (χ2v) is 5.40. The minimum absolute atomic E-state index is 0.176. The van der Waals surface area contributed by atoms with E-state index in [4.69, 9.17) is 4.18 Å². The summed E-state index contributed by atoms with van der Waals surface area (Å²) in [6.07, 6.45) is 10.2. The van der Waals surface area contributed by atoms with Gasteiger partial charge in [0.2, 0.25) is 0 Å². The Bertz CT molecular complexity index is 106. The van der Waals surface area contributed by atoms with Gasteiger partial charge in [0.05, 0.1) is 0 Å². The van der Waals surface area contributed by atoms with Crippen molar-refractivity contribution in [1.29, 1.82) is 0 Å². The zero-order valence-corrected chi connectivity index (χ0v) is 8.62. The first kappa shape index (κ1) is 9.40. The zero-order chi connectivity index (χ0) is 8.27. The van der Waals surface area contributed by atoms with Crippen LogP contribution < -0.4 is 0 Å². The van der Waals surface area contributed by atoms with Gasteiger partial charge in [0.1, 0.15) is 29.8 Å². The van der Waals surface area contributed by atoms with E-state index in [2.05, 4.69) is 19.4 Å². The molecule has 0 bridgehead atoms. The first-order valence-corrected chi connectivity index (χ1v) is 6.40. The van der Waals surface area contributed by atoms with Crippen LogP contribution in [0.5, 0.6) is 0 Å². The molecule has 0 N–H and O–H groups in total. The highest BCUT2D eigenvalue weighted by Crippen LogP contribution is 2.26. The van der Waals surface area contributed by atoms with E-state index in [1.807, 2.05) is 0 Å². The highest BCUT2D eigenvalue weighted by atomic mass is 32.2. The molecule has 66 valence electrons. The lowest BCUT2D eigenvalue weighted by Crippen LogP contribution is -2.22. The molecule has 1 nitrogen and oxygen atoms in total. The van der Waals surface area contributed by atoms with Crippen molar-refractivity contribution in [1.82, 2.24) is 0 Å². The summed E-state index contributed by atoms with van der Waals surface area (Å²) in [6.45, 7) is 2.34. The molecule has 0 spiro atoms. The molecule has 1 saturated carbocycles. The molecular formula is C9H19OS+. The fraction of sp³-hybridized carbons (Fsp3) is 1.00. The lowest BCUT2D eigenvalue weighted by molar-refractivity contribution is 0.157. The van der Waals surface area contributed by atoms with Gasteiger partial charge in [0.25, 0.3) is 0 Å². The molecule has 0 atom stereocenters. The average Bonchev–Trinajstić information content (AvgIpc) is 1.93. The van der Waals surface area contributed by atoms with Crippen molar-refractivity contribution >= 4 is 11.2 Å². The van der Waals surface area contributed by atoms with Gasteiger partial charge in [0, 0.05) is 0 Å². The Hall–Kier alpha value is 0.310. The van der Waals surface area contributed by atoms with Gasteiger partial charge in [-0.3, -0.25) is 0 Å². The summed E-state index contributed by atoms with van der Waals surface area (Å²) in [7, 11) is 0. The standard InChI is InChI=1S/C9H19OS/c1-8-4-6-9(7-5-8)10-11(2)3/h8-9H,4-7H2,1-3H3/q+1. The molecular weight excluding hydrogens is 156 g/mol. The Kier molecular flexibility index (Phi) is 3.73. The monoisotopic (exact) mass is 175 g/mol. The average molecular weight is 175 g/mol. The third-order valence-electron chi connectivity index (χ3n) is 2.29. The van der Waals surface area contributed by atoms with E-state index < -0.39 is 0 Å². The van der Waals surface area contributed by atoms with Crippen molar-refractivity contribution in [3.8, 4) is 0 Å². The van der Waals surface area contributed by atoms with Crippen molar-refractivity contribution in [3.05, 3.63) is 0 Å². The van der Waals surface area contributed by atoms with E-state index in [0.29, 0.717) is 6.10 Å². The Balaban J connectivity index is 2.17. The third kappa shape index (κ3) is 3.48. The fourth-order valence-corrected chi connectivity index (χ4v) is 2.33. The predicted molar refractivity (Wildman–Crippen MR) is 51.7 cm³/mol. The van der Waals surface area contributed by atoms with Gasteiger partial charge < -0.3 is 0 Å². The quantitative estimate of drug-likeness (QED) is 0.585. The molecule has 1 aliphatic rings. The molecule has 1 fully saturated rings. The molecule has 0 heterocycles. The third-order valence-corrected chi connectivity index (χ3v) is 2.95. The van der Waals surface area contributed by atoms with E-state index >= 15 is 0 Å². The van der Waals surface area contributed by atoms with E-state index in [9.17, 15) is 0 Å². The first-order chi connectivity index (χ1) is 5.18. The molecule has 0 saturated heterocycles. The summed E-state index contributed by atoms with van der Waals surface area (Å²) in [4.78, 5) is 0. The van der Waals surface area contributed by atoms with E-state index in [1.54, 1.807) is 0 Å². The maximum atomic E-state index is 5.77. The topological polar surface area (TPSA) is 9.23 Å². The molecule has 1 aliphatic carbocycles. The van der Waals surface area contributed by atoms with Gasteiger partial charge in [-0.2, -0.15) is 4.18 Å². The van der Waals surface area contributed by atoms with Crippen LogP contribution in [0.3, 0.4) is 0 Å². The summed E-state index contributed by atoms with van der Waals surface area (Å²) < 4.78 is 5.77. The summed E-state index contributed by atoms with van der Waals surface area (Å²) in [5, 5.41) is 0. The van der Waals surface area contributed by atoms with Crippen LogP contribution >= 0.6 is 0 Å². The van der Waals surface area contributed by atoms with Gasteiger partial charge >= 0.3 is 0 Å². The fourth-order valence-electron chi connectivity index (χ4n) is 1.60. The van der Waals surface area contributed by atoms with Crippen molar-refractivity contribution in [2.75, 3.05) is 12.5 Å². The lowest BCUT2D eigenvalue weighted by atomic mass is 9.89. The molecule has 0 aromatic rings. The largest absolute Gasteiger partial charge is 0.171 e. The van der Waals surface area contributed by atoms with Crippen LogP contribution in [0.15, 0.2) is 0 Å². The van der Waals surface area contributed by atoms with Crippen LogP contribution in [0.1, 0.15) is 32.6 Å². The normalized spacial score (nSPS) is 32.7. The highest BCUT2D eigenvalue weighted by Gasteiger charge is 2.23. The van der Waals surface area contributed by atoms with Gasteiger partial charge in [-0.25, -0.2) is 0 Å². The van der Waals surface area contributed by atoms with Crippen LogP contribution in [-0.2, 0) is 15.4 Å². The minimum Gasteiger partial charge on any atom is -0.171 e. The van der Waals surface area contributed by atoms with E-state index in [1.165, 1.54) is 25.7 Å². The van der Waals surface area contributed by atoms with Crippen molar-refractivity contribution in [2.24, 2.45) is 5.92 Å². The van der Waals surface area contributed by atoms with Gasteiger partial charge in [0.15, 0.2) is 0 Å². The molecule has 0 aliphatic heterocycles. The summed E-state index contributed by atoms with van der Waals surface area (Å²) in [6, 6.07) is 0. The van der Waals surface area contributed by atoms with Crippen molar-refractivity contribution in [2.45, 2.75) is 38.7 Å². The Morgan fingerprint density at radius 2 is 1.64 bits per heavy atom. The smallest absolute Gasteiger partial charge is 0.141 e. The van der Waals surface area contributed by atoms with Crippen LogP contribution in [0.4, 0.5) is 0 Å². The van der Waals surface area contributed by atoms with Crippen LogP contribution in [0.25, 0.3) is 0 Å². The van der Waals surface area contributed by atoms with Crippen molar-refractivity contribution in [3.63, 3.8) is 0 Å². The molecule has 11 heavy (non-hydrogen) atoms. The van der Waals surface area contributed by atoms with Crippen LogP contribution in [0.2, 0.25) is 0 Å². The van der Waals surface area contributed by atoms with E-state index in [-0.39, 0.29) is 11.2 Å². The van der Waals surface area contributed by atoms with Gasteiger partial charge in [-0.05, 0) is 31.6 Å². The summed E-state index contributed by atoms with van der Waals surface area (Å²) >= 11 is 0.176. The first-order valence-electron chi connectivity index (χ1n) is 4.43. The predicted octanol–water partition coefficient (Wildman–Crippen LogP) is 2.37. The second kappa shape index (κ2) is 4.36. The summed E-state index contributed by atoms with van der Waals surface area (Å²) in [5.41, 5.74) is 0. The lowest BCUT2D eigenvalue weighted by Gasteiger charge is -2.23. The number of hydrogen-bond donors (Lipinski definition) is 0. The maximum absolute atomic E-state index is 5.77. The molecule has 0 unspecified atom stereocenters. The molecule has 0 amide bonds. The zero-order valence-electron chi connectivity index (χ0n) is 7.80. The minimum atomic E-state index is 0.176. The van der Waals surface area contributed by atoms with Gasteiger partial charge in [-0.15, -0.1) is 0 Å². The second-order valence-electron chi connectivity index (χ2n) is 3.72. The van der Waals surface area contributed by atoms with Gasteiger partial charge in [-0.1, -0.05) is 6.92 Å².